The molecule has 0 aliphatic carbocycles. The molecule has 6 nitrogen and oxygen atoms in total. The Labute approximate surface area is 127 Å². The second-order valence-electron chi connectivity index (χ2n) is 4.37. The SMILES string of the molecule is CCn1cnnc1SCC(=O)c1ccc(NC(C)=O)cc1. The molecule has 1 heterocycles. The first-order chi connectivity index (χ1) is 10.1. The average molecular weight is 304 g/mol. The van der Waals surface area contributed by atoms with Gasteiger partial charge in [0.15, 0.2) is 10.9 Å². The van der Waals surface area contributed by atoms with Crippen molar-refractivity contribution in [2.75, 3.05) is 11.1 Å². The molecule has 1 aromatic heterocycles. The van der Waals surface area contributed by atoms with Crippen molar-refractivity contribution in [1.82, 2.24) is 14.8 Å². The largest absolute Gasteiger partial charge is 0.326 e. The molecule has 7 heteroatoms. The third-order valence-electron chi connectivity index (χ3n) is 2.78. The number of hydrogen-bond acceptors (Lipinski definition) is 5. The predicted molar refractivity (Wildman–Crippen MR) is 81.5 cm³/mol. The maximum atomic E-state index is 12.1. The Kier molecular flexibility index (Phi) is 5.10. The maximum Gasteiger partial charge on any atom is 0.221 e. The van der Waals surface area contributed by atoms with E-state index in [4.69, 9.17) is 0 Å². The molecule has 1 amide bonds. The van der Waals surface area contributed by atoms with E-state index < -0.39 is 0 Å². The lowest BCUT2D eigenvalue weighted by atomic mass is 10.1. The van der Waals surface area contributed by atoms with Crippen molar-refractivity contribution in [3.05, 3.63) is 36.2 Å². The van der Waals surface area contributed by atoms with Crippen LogP contribution in [0, 0.1) is 0 Å². The molecule has 0 aliphatic heterocycles. The smallest absolute Gasteiger partial charge is 0.221 e. The number of carbonyl (C=O) groups is 2. The summed E-state index contributed by atoms with van der Waals surface area (Å²) in [5, 5.41) is 11.2. The maximum absolute atomic E-state index is 12.1. The van der Waals surface area contributed by atoms with Gasteiger partial charge >= 0.3 is 0 Å². The van der Waals surface area contributed by atoms with Crippen LogP contribution in [0.5, 0.6) is 0 Å². The summed E-state index contributed by atoms with van der Waals surface area (Å²) in [5.41, 5.74) is 1.29. The van der Waals surface area contributed by atoms with E-state index in [0.717, 1.165) is 11.7 Å². The molecule has 0 saturated carbocycles. The highest BCUT2D eigenvalue weighted by Gasteiger charge is 2.10. The van der Waals surface area contributed by atoms with Crippen LogP contribution in [-0.2, 0) is 11.3 Å². The number of rotatable bonds is 6. The number of thioether (sulfide) groups is 1. The molecule has 2 aromatic rings. The third kappa shape index (κ3) is 4.16. The van der Waals surface area contributed by atoms with Crippen LogP contribution in [-0.4, -0.2) is 32.2 Å². The molecular weight excluding hydrogens is 288 g/mol. The summed E-state index contributed by atoms with van der Waals surface area (Å²) in [6.07, 6.45) is 1.65. The monoisotopic (exact) mass is 304 g/mol. The minimum absolute atomic E-state index is 0.0139. The molecule has 0 aliphatic rings. The Hall–Kier alpha value is -2.15. The van der Waals surface area contributed by atoms with E-state index >= 15 is 0 Å². The number of hydrogen-bond donors (Lipinski definition) is 1. The van der Waals surface area contributed by atoms with Crippen LogP contribution < -0.4 is 5.32 Å². The van der Waals surface area contributed by atoms with Gasteiger partial charge in [-0.1, -0.05) is 11.8 Å². The number of nitrogens with zero attached hydrogens (tertiary/aromatic N) is 3. The molecule has 0 unspecified atom stereocenters. The van der Waals surface area contributed by atoms with Gasteiger partial charge in [-0.2, -0.15) is 0 Å². The summed E-state index contributed by atoms with van der Waals surface area (Å²) in [6, 6.07) is 6.85. The van der Waals surface area contributed by atoms with Gasteiger partial charge in [-0.3, -0.25) is 9.59 Å². The molecule has 0 fully saturated rings. The van der Waals surface area contributed by atoms with Crippen molar-refractivity contribution in [3.8, 4) is 0 Å². The molecule has 2 rings (SSSR count). The zero-order chi connectivity index (χ0) is 15.2. The fourth-order valence-electron chi connectivity index (χ4n) is 1.73. The van der Waals surface area contributed by atoms with Crippen LogP contribution in [0.25, 0.3) is 0 Å². The summed E-state index contributed by atoms with van der Waals surface area (Å²) in [7, 11) is 0. The second-order valence-corrected chi connectivity index (χ2v) is 5.31. The van der Waals surface area contributed by atoms with Crippen LogP contribution in [0.15, 0.2) is 35.7 Å². The van der Waals surface area contributed by atoms with Crippen LogP contribution in [0.4, 0.5) is 5.69 Å². The number of carbonyl (C=O) groups excluding carboxylic acids is 2. The summed E-state index contributed by atoms with van der Waals surface area (Å²) >= 11 is 1.37. The van der Waals surface area contributed by atoms with Crippen molar-refractivity contribution in [3.63, 3.8) is 0 Å². The van der Waals surface area contributed by atoms with E-state index in [-0.39, 0.29) is 11.7 Å². The van der Waals surface area contributed by atoms with Crippen LogP contribution >= 0.6 is 11.8 Å². The van der Waals surface area contributed by atoms with Crippen molar-refractivity contribution in [2.45, 2.75) is 25.5 Å². The number of Topliss-reactive ketones (excluding diaryl/α,β-unsaturated/α-hetero) is 1. The van der Waals surface area contributed by atoms with Crippen molar-refractivity contribution in [2.24, 2.45) is 0 Å². The Balaban J connectivity index is 1.95. The van der Waals surface area contributed by atoms with Gasteiger partial charge in [0.2, 0.25) is 5.91 Å². The number of aromatic nitrogens is 3. The minimum Gasteiger partial charge on any atom is -0.326 e. The number of anilines is 1. The summed E-state index contributed by atoms with van der Waals surface area (Å²) in [5.74, 6) is 0.182. The van der Waals surface area contributed by atoms with Crippen molar-refractivity contribution in [1.29, 1.82) is 0 Å². The van der Waals surface area contributed by atoms with Gasteiger partial charge in [0.25, 0.3) is 0 Å². The Morgan fingerprint density at radius 2 is 2.00 bits per heavy atom. The standard InChI is InChI=1S/C14H16N4O2S/c1-3-18-9-15-17-14(18)21-8-13(20)11-4-6-12(7-5-11)16-10(2)19/h4-7,9H,3,8H2,1-2H3,(H,16,19). The van der Waals surface area contributed by atoms with E-state index in [2.05, 4.69) is 15.5 Å². The summed E-state index contributed by atoms with van der Waals surface area (Å²) < 4.78 is 1.89. The van der Waals surface area contributed by atoms with E-state index in [1.807, 2.05) is 11.5 Å². The fourth-order valence-corrected chi connectivity index (χ4v) is 2.60. The van der Waals surface area contributed by atoms with Gasteiger partial charge in [0, 0.05) is 24.7 Å². The molecule has 1 aromatic carbocycles. The number of amides is 1. The number of nitrogens with one attached hydrogen (secondary N) is 1. The molecule has 1 N–H and O–H groups in total. The summed E-state index contributed by atoms with van der Waals surface area (Å²) in [4.78, 5) is 23.0. The summed E-state index contributed by atoms with van der Waals surface area (Å²) in [6.45, 7) is 4.21. The zero-order valence-corrected chi connectivity index (χ0v) is 12.7. The van der Waals surface area contributed by atoms with Crippen LogP contribution in [0.1, 0.15) is 24.2 Å². The third-order valence-corrected chi connectivity index (χ3v) is 3.76. The Bertz CT molecular complexity index is 637. The molecule has 0 bridgehead atoms. The van der Waals surface area contributed by atoms with Crippen molar-refractivity contribution >= 4 is 29.1 Å². The fraction of sp³-hybridized carbons (Fsp3) is 0.286. The second kappa shape index (κ2) is 7.03. The first-order valence-corrected chi connectivity index (χ1v) is 7.50. The Morgan fingerprint density at radius 1 is 1.29 bits per heavy atom. The van der Waals surface area contributed by atoms with Gasteiger partial charge in [0.05, 0.1) is 5.75 Å². The molecule has 110 valence electrons. The van der Waals surface area contributed by atoms with Gasteiger partial charge in [0.1, 0.15) is 6.33 Å². The van der Waals surface area contributed by atoms with Crippen molar-refractivity contribution < 1.29 is 9.59 Å². The van der Waals surface area contributed by atoms with Crippen LogP contribution in [0.3, 0.4) is 0 Å². The molecule has 0 atom stereocenters. The molecule has 21 heavy (non-hydrogen) atoms. The zero-order valence-electron chi connectivity index (χ0n) is 11.9. The first kappa shape index (κ1) is 15.2. The van der Waals surface area contributed by atoms with E-state index in [9.17, 15) is 9.59 Å². The average Bonchev–Trinajstić information content (AvgIpc) is 2.92. The lowest BCUT2D eigenvalue weighted by Crippen LogP contribution is -2.07. The van der Waals surface area contributed by atoms with Gasteiger partial charge < -0.3 is 9.88 Å². The van der Waals surface area contributed by atoms with E-state index in [0.29, 0.717) is 17.0 Å². The lowest BCUT2D eigenvalue weighted by Gasteiger charge is -2.05. The predicted octanol–water partition coefficient (Wildman–Crippen LogP) is 2.23. The number of aryl methyl sites for hydroxylation is 1. The molecule has 0 spiro atoms. The first-order valence-electron chi connectivity index (χ1n) is 6.51. The lowest BCUT2D eigenvalue weighted by molar-refractivity contribution is -0.114. The highest BCUT2D eigenvalue weighted by molar-refractivity contribution is 7.99. The number of ketones is 1. The van der Waals surface area contributed by atoms with Gasteiger partial charge in [-0.15, -0.1) is 10.2 Å². The minimum atomic E-state index is -0.136. The molecule has 0 radical (unpaired) electrons. The van der Waals surface area contributed by atoms with Crippen LogP contribution in [0.2, 0.25) is 0 Å². The highest BCUT2D eigenvalue weighted by atomic mass is 32.2. The Morgan fingerprint density at radius 3 is 2.62 bits per heavy atom. The van der Waals surface area contributed by atoms with E-state index in [1.165, 1.54) is 18.7 Å². The number of benzene rings is 1. The topological polar surface area (TPSA) is 76.9 Å². The highest BCUT2D eigenvalue weighted by Crippen LogP contribution is 2.17. The molecule has 0 saturated heterocycles. The van der Waals surface area contributed by atoms with Gasteiger partial charge in [-0.05, 0) is 31.2 Å². The van der Waals surface area contributed by atoms with E-state index in [1.54, 1.807) is 30.6 Å². The van der Waals surface area contributed by atoms with Gasteiger partial charge in [-0.25, -0.2) is 0 Å². The quantitative estimate of drug-likeness (QED) is 0.654. The normalized spacial score (nSPS) is 10.4. The molecular formula is C14H16N4O2S.